The van der Waals surface area contributed by atoms with Crippen LogP contribution >= 0.6 is 15.9 Å². The van der Waals surface area contributed by atoms with Gasteiger partial charge in [0.05, 0.1) is 6.54 Å². The zero-order valence-electron chi connectivity index (χ0n) is 11.1. The second kappa shape index (κ2) is 7.53. The van der Waals surface area contributed by atoms with Gasteiger partial charge in [0.2, 0.25) is 5.91 Å². The second-order valence-corrected chi connectivity index (χ2v) is 5.14. The summed E-state index contributed by atoms with van der Waals surface area (Å²) >= 11 is 3.29. The van der Waals surface area contributed by atoms with Gasteiger partial charge in [-0.1, -0.05) is 22.0 Å². The van der Waals surface area contributed by atoms with Crippen LogP contribution in [0.4, 0.5) is 0 Å². The fraction of sp³-hybridized carbons (Fsp3) is 0.231. The van der Waals surface area contributed by atoms with Crippen molar-refractivity contribution in [2.24, 2.45) is 0 Å². The molecule has 0 atom stereocenters. The van der Waals surface area contributed by atoms with E-state index in [9.17, 15) is 9.59 Å². The molecule has 21 heavy (non-hydrogen) atoms. The van der Waals surface area contributed by atoms with Crippen molar-refractivity contribution in [1.82, 2.24) is 25.8 Å². The van der Waals surface area contributed by atoms with Crippen LogP contribution in [-0.4, -0.2) is 40.1 Å². The van der Waals surface area contributed by atoms with Gasteiger partial charge in [0.25, 0.3) is 5.91 Å². The van der Waals surface area contributed by atoms with Crippen LogP contribution in [0, 0.1) is 0 Å². The summed E-state index contributed by atoms with van der Waals surface area (Å²) in [6.07, 6.45) is 1.97. The van der Waals surface area contributed by atoms with Gasteiger partial charge in [0.15, 0.2) is 0 Å². The van der Waals surface area contributed by atoms with Crippen molar-refractivity contribution in [2.75, 3.05) is 13.1 Å². The monoisotopic (exact) mass is 351 g/mol. The fourth-order valence-corrected chi connectivity index (χ4v) is 2.03. The average molecular weight is 352 g/mol. The molecule has 0 bridgehead atoms. The lowest BCUT2D eigenvalue weighted by Gasteiger charge is -2.06. The number of halogens is 1. The molecule has 0 saturated heterocycles. The molecule has 7 nitrogen and oxygen atoms in total. The lowest BCUT2D eigenvalue weighted by molar-refractivity contribution is -0.120. The summed E-state index contributed by atoms with van der Waals surface area (Å²) in [5, 5.41) is 11.7. The van der Waals surface area contributed by atoms with Crippen molar-refractivity contribution >= 4 is 27.7 Å². The van der Waals surface area contributed by atoms with Gasteiger partial charge in [-0.2, -0.15) is 5.10 Å². The third-order valence-corrected chi connectivity index (χ3v) is 3.14. The van der Waals surface area contributed by atoms with E-state index in [1.807, 2.05) is 6.07 Å². The number of H-pyrrole nitrogens is 1. The lowest BCUT2D eigenvalue weighted by Crippen LogP contribution is -2.37. The molecule has 8 heteroatoms. The summed E-state index contributed by atoms with van der Waals surface area (Å²) in [4.78, 5) is 27.4. The van der Waals surface area contributed by atoms with Gasteiger partial charge in [-0.3, -0.25) is 14.7 Å². The minimum Gasteiger partial charge on any atom is -0.354 e. The minimum atomic E-state index is -0.290. The summed E-state index contributed by atoms with van der Waals surface area (Å²) in [5.74, 6) is 0.160. The van der Waals surface area contributed by atoms with Crippen LogP contribution < -0.4 is 10.6 Å². The average Bonchev–Trinajstić information content (AvgIpc) is 2.98. The number of nitrogens with one attached hydrogen (secondary N) is 3. The van der Waals surface area contributed by atoms with Gasteiger partial charge in [0, 0.05) is 23.0 Å². The molecule has 2 amide bonds. The standard InChI is InChI=1S/C13H14BrN5O2/c14-10-3-1-2-9(6-10)13(21)16-7-12(20)15-5-4-11-17-8-18-19-11/h1-3,6,8H,4-5,7H2,(H,15,20)(H,16,21)(H,17,18,19). The number of rotatable bonds is 6. The molecule has 2 rings (SSSR count). The Morgan fingerprint density at radius 3 is 2.86 bits per heavy atom. The SMILES string of the molecule is O=C(CNC(=O)c1cccc(Br)c1)NCCc1ncn[nH]1. The molecule has 110 valence electrons. The van der Waals surface area contributed by atoms with Gasteiger partial charge in [0.1, 0.15) is 12.2 Å². The number of hydrogen-bond donors (Lipinski definition) is 3. The first-order chi connectivity index (χ1) is 10.1. The van der Waals surface area contributed by atoms with Crippen LogP contribution in [0.3, 0.4) is 0 Å². The number of hydrogen-bond acceptors (Lipinski definition) is 4. The van der Waals surface area contributed by atoms with Crippen molar-refractivity contribution in [3.05, 3.63) is 46.5 Å². The van der Waals surface area contributed by atoms with Crippen molar-refractivity contribution in [3.8, 4) is 0 Å². The molecule has 0 fully saturated rings. The van der Waals surface area contributed by atoms with Crippen LogP contribution in [0.25, 0.3) is 0 Å². The Morgan fingerprint density at radius 1 is 1.29 bits per heavy atom. The molecule has 2 aromatic rings. The summed E-state index contributed by atoms with van der Waals surface area (Å²) in [6.45, 7) is 0.364. The van der Waals surface area contributed by atoms with Crippen LogP contribution in [0.15, 0.2) is 35.1 Å². The summed E-state index contributed by atoms with van der Waals surface area (Å²) in [7, 11) is 0. The zero-order chi connectivity index (χ0) is 15.1. The first-order valence-electron chi connectivity index (χ1n) is 6.30. The van der Waals surface area contributed by atoms with Gasteiger partial charge < -0.3 is 10.6 Å². The maximum atomic E-state index is 11.8. The smallest absolute Gasteiger partial charge is 0.251 e. The third-order valence-electron chi connectivity index (χ3n) is 2.65. The van der Waals surface area contributed by atoms with E-state index in [1.165, 1.54) is 6.33 Å². The predicted octanol–water partition coefficient (Wildman–Crippen LogP) is 0.656. The quantitative estimate of drug-likeness (QED) is 0.711. The Kier molecular flexibility index (Phi) is 5.44. The van der Waals surface area contributed by atoms with Gasteiger partial charge in [-0.05, 0) is 18.2 Å². The summed E-state index contributed by atoms with van der Waals surface area (Å²) in [5.41, 5.74) is 0.499. The molecule has 1 aromatic carbocycles. The van der Waals surface area contributed by atoms with Crippen LogP contribution in [0.5, 0.6) is 0 Å². The lowest BCUT2D eigenvalue weighted by atomic mass is 10.2. The number of carbonyl (C=O) groups is 2. The fourth-order valence-electron chi connectivity index (χ4n) is 1.63. The van der Waals surface area contributed by atoms with E-state index in [2.05, 4.69) is 41.7 Å². The largest absolute Gasteiger partial charge is 0.354 e. The number of benzene rings is 1. The molecule has 0 radical (unpaired) electrons. The third kappa shape index (κ3) is 4.99. The first-order valence-corrected chi connectivity index (χ1v) is 7.09. The maximum Gasteiger partial charge on any atom is 0.251 e. The minimum absolute atomic E-state index is 0.0677. The number of amides is 2. The highest BCUT2D eigenvalue weighted by Crippen LogP contribution is 2.11. The molecule has 0 saturated carbocycles. The Balaban J connectivity index is 1.70. The molecule has 0 spiro atoms. The highest BCUT2D eigenvalue weighted by atomic mass is 79.9. The summed E-state index contributed by atoms with van der Waals surface area (Å²) < 4.78 is 0.812. The van der Waals surface area contributed by atoms with Crippen LogP contribution in [0.1, 0.15) is 16.2 Å². The molecule has 0 unspecified atom stereocenters. The number of aromatic nitrogens is 3. The van der Waals surface area contributed by atoms with E-state index in [4.69, 9.17) is 0 Å². The van der Waals surface area contributed by atoms with Crippen molar-refractivity contribution in [2.45, 2.75) is 6.42 Å². The Labute approximate surface area is 129 Å². The Hall–Kier alpha value is -2.22. The molecule has 1 aromatic heterocycles. The molecule has 0 aliphatic rings. The maximum absolute atomic E-state index is 11.8. The van der Waals surface area contributed by atoms with Crippen LogP contribution in [-0.2, 0) is 11.2 Å². The topological polar surface area (TPSA) is 99.8 Å². The Bertz CT molecular complexity index is 615. The van der Waals surface area contributed by atoms with Crippen molar-refractivity contribution < 1.29 is 9.59 Å². The van der Waals surface area contributed by atoms with E-state index in [1.54, 1.807) is 18.2 Å². The number of aromatic amines is 1. The number of carbonyl (C=O) groups excluding carboxylic acids is 2. The second-order valence-electron chi connectivity index (χ2n) is 4.23. The Morgan fingerprint density at radius 2 is 2.14 bits per heavy atom. The van der Waals surface area contributed by atoms with E-state index < -0.39 is 0 Å². The first kappa shape index (κ1) is 15.2. The number of nitrogens with zero attached hydrogens (tertiary/aromatic N) is 2. The van der Waals surface area contributed by atoms with E-state index >= 15 is 0 Å². The van der Waals surface area contributed by atoms with Gasteiger partial charge >= 0.3 is 0 Å². The van der Waals surface area contributed by atoms with E-state index in [0.717, 1.165) is 4.47 Å². The molecule has 0 aliphatic carbocycles. The molecular weight excluding hydrogens is 338 g/mol. The van der Waals surface area contributed by atoms with Crippen molar-refractivity contribution in [1.29, 1.82) is 0 Å². The van der Waals surface area contributed by atoms with Crippen LogP contribution in [0.2, 0.25) is 0 Å². The molecular formula is C13H14BrN5O2. The predicted molar refractivity (Wildman–Crippen MR) is 79.6 cm³/mol. The highest BCUT2D eigenvalue weighted by Gasteiger charge is 2.08. The normalized spacial score (nSPS) is 10.1. The molecule has 3 N–H and O–H groups in total. The van der Waals surface area contributed by atoms with Gasteiger partial charge in [-0.15, -0.1) is 0 Å². The highest BCUT2D eigenvalue weighted by molar-refractivity contribution is 9.10. The van der Waals surface area contributed by atoms with E-state index in [-0.39, 0.29) is 18.4 Å². The van der Waals surface area contributed by atoms with Crippen molar-refractivity contribution in [3.63, 3.8) is 0 Å². The summed E-state index contributed by atoms with van der Waals surface area (Å²) in [6, 6.07) is 6.96. The molecule has 1 heterocycles. The molecule has 0 aliphatic heterocycles. The zero-order valence-corrected chi connectivity index (χ0v) is 12.7. The van der Waals surface area contributed by atoms with Gasteiger partial charge in [-0.25, -0.2) is 4.98 Å². The van der Waals surface area contributed by atoms with E-state index in [0.29, 0.717) is 24.4 Å².